The molecule has 2 aromatic rings. The van der Waals surface area contributed by atoms with Gasteiger partial charge >= 0.3 is 0 Å². The van der Waals surface area contributed by atoms with E-state index in [1.54, 1.807) is 34.4 Å². The molecule has 1 aliphatic heterocycles. The zero-order valence-electron chi connectivity index (χ0n) is 15.7. The van der Waals surface area contributed by atoms with E-state index in [1.165, 1.54) is 4.88 Å². The number of piperazine rings is 1. The lowest BCUT2D eigenvalue weighted by Crippen LogP contribution is -2.55. The zero-order chi connectivity index (χ0) is 20.1. The third kappa shape index (κ3) is 5.47. The lowest BCUT2D eigenvalue weighted by atomic mass is 10.1. The van der Waals surface area contributed by atoms with Crippen molar-refractivity contribution in [3.8, 4) is 0 Å². The van der Waals surface area contributed by atoms with E-state index in [0.29, 0.717) is 48.3 Å². The van der Waals surface area contributed by atoms with Gasteiger partial charge in [0, 0.05) is 53.2 Å². The molecule has 150 valence electrons. The van der Waals surface area contributed by atoms with Crippen LogP contribution in [0.3, 0.4) is 0 Å². The number of carbonyl (C=O) groups excluding carboxylic acids is 2. The van der Waals surface area contributed by atoms with Crippen LogP contribution >= 0.6 is 34.5 Å². The molecule has 8 heteroatoms. The Morgan fingerprint density at radius 2 is 1.82 bits per heavy atom. The summed E-state index contributed by atoms with van der Waals surface area (Å²) in [5, 5.41) is 5.94. The summed E-state index contributed by atoms with van der Waals surface area (Å²) in [4.78, 5) is 30.3. The van der Waals surface area contributed by atoms with Crippen LogP contribution < -0.4 is 5.32 Å². The molecule has 1 aromatic heterocycles. The van der Waals surface area contributed by atoms with Crippen molar-refractivity contribution in [1.29, 1.82) is 0 Å². The second-order valence-electron chi connectivity index (χ2n) is 6.78. The first kappa shape index (κ1) is 21.1. The Bertz CT molecular complexity index is 801. The topological polar surface area (TPSA) is 52.7 Å². The largest absolute Gasteiger partial charge is 0.354 e. The van der Waals surface area contributed by atoms with Gasteiger partial charge in [0.1, 0.15) is 0 Å². The lowest BCUT2D eigenvalue weighted by Gasteiger charge is -2.37. The van der Waals surface area contributed by atoms with Crippen LogP contribution in [0.1, 0.15) is 22.2 Å². The highest BCUT2D eigenvalue weighted by Crippen LogP contribution is 2.21. The summed E-state index contributed by atoms with van der Waals surface area (Å²) < 4.78 is 0. The highest BCUT2D eigenvalue weighted by Gasteiger charge is 2.28. The number of amides is 2. The average Bonchev–Trinajstić information content (AvgIpc) is 3.19. The number of thiophene rings is 1. The van der Waals surface area contributed by atoms with Crippen LogP contribution in [0.15, 0.2) is 35.7 Å². The molecule has 0 bridgehead atoms. The molecule has 0 saturated carbocycles. The normalized spacial score (nSPS) is 16.0. The number of hydrogen-bond acceptors (Lipinski definition) is 4. The molecule has 3 rings (SSSR count). The van der Waals surface area contributed by atoms with Crippen molar-refractivity contribution in [3.63, 3.8) is 0 Å². The number of halogens is 2. The molecule has 5 nitrogen and oxygen atoms in total. The van der Waals surface area contributed by atoms with E-state index >= 15 is 0 Å². The minimum absolute atomic E-state index is 0.0259. The summed E-state index contributed by atoms with van der Waals surface area (Å²) in [6.07, 6.45) is 0.848. The summed E-state index contributed by atoms with van der Waals surface area (Å²) in [5.74, 6) is -0.0601. The highest BCUT2D eigenvalue weighted by molar-refractivity contribution is 7.09. The third-order valence-electron chi connectivity index (χ3n) is 4.89. The van der Waals surface area contributed by atoms with Gasteiger partial charge in [-0.2, -0.15) is 0 Å². The van der Waals surface area contributed by atoms with Crippen LogP contribution in [-0.2, 0) is 11.2 Å². The fourth-order valence-electron chi connectivity index (χ4n) is 3.25. The minimum atomic E-state index is -0.221. The van der Waals surface area contributed by atoms with Crippen molar-refractivity contribution >= 4 is 46.4 Å². The van der Waals surface area contributed by atoms with E-state index in [2.05, 4.69) is 16.3 Å². The van der Waals surface area contributed by atoms with Crippen molar-refractivity contribution < 1.29 is 9.59 Å². The maximum atomic E-state index is 12.7. The number of nitrogens with zero attached hydrogens (tertiary/aromatic N) is 2. The second kappa shape index (κ2) is 9.74. The summed E-state index contributed by atoms with van der Waals surface area (Å²) in [6, 6.07) is 8.74. The van der Waals surface area contributed by atoms with Crippen LogP contribution in [0, 0.1) is 0 Å². The van der Waals surface area contributed by atoms with E-state index in [4.69, 9.17) is 23.2 Å². The number of nitrogens with one attached hydrogen (secondary N) is 1. The summed E-state index contributed by atoms with van der Waals surface area (Å²) in [7, 11) is 0. The maximum absolute atomic E-state index is 12.7. The fourth-order valence-corrected chi connectivity index (χ4v) is 4.48. The molecule has 28 heavy (non-hydrogen) atoms. The van der Waals surface area contributed by atoms with Gasteiger partial charge in [0.15, 0.2) is 0 Å². The van der Waals surface area contributed by atoms with Crippen molar-refractivity contribution in [3.05, 3.63) is 56.2 Å². The molecule has 2 heterocycles. The second-order valence-corrected chi connectivity index (χ2v) is 8.69. The van der Waals surface area contributed by atoms with Gasteiger partial charge < -0.3 is 10.2 Å². The predicted octanol–water partition coefficient (Wildman–Crippen LogP) is 3.56. The van der Waals surface area contributed by atoms with Crippen LogP contribution in [-0.4, -0.2) is 60.4 Å². The standard InChI is InChI=1S/C20H23Cl2N3O2S/c1-14(19(26)23-5-4-18-3-2-10-28-18)24-6-8-25(9-7-24)20(27)15-11-16(21)13-17(22)12-15/h2-3,10-14H,4-9H2,1H3,(H,23,26). The van der Waals surface area contributed by atoms with Crippen molar-refractivity contribution in [2.24, 2.45) is 0 Å². The third-order valence-corrected chi connectivity index (χ3v) is 6.26. The van der Waals surface area contributed by atoms with Gasteiger partial charge in [0.05, 0.1) is 6.04 Å². The molecular weight excluding hydrogens is 417 g/mol. The molecule has 0 spiro atoms. The van der Waals surface area contributed by atoms with Crippen molar-refractivity contribution in [1.82, 2.24) is 15.1 Å². The summed E-state index contributed by atoms with van der Waals surface area (Å²) >= 11 is 13.7. The van der Waals surface area contributed by atoms with E-state index < -0.39 is 0 Å². The summed E-state index contributed by atoms with van der Waals surface area (Å²) in [5.41, 5.74) is 0.491. The number of rotatable bonds is 6. The smallest absolute Gasteiger partial charge is 0.254 e. The number of carbonyl (C=O) groups is 2. The van der Waals surface area contributed by atoms with Gasteiger partial charge in [-0.25, -0.2) is 0 Å². The molecule has 1 N–H and O–H groups in total. The lowest BCUT2D eigenvalue weighted by molar-refractivity contribution is -0.126. The predicted molar refractivity (Wildman–Crippen MR) is 114 cm³/mol. The molecule has 1 saturated heterocycles. The first-order valence-corrected chi connectivity index (χ1v) is 10.9. The molecular formula is C20H23Cl2N3O2S. The van der Waals surface area contributed by atoms with E-state index in [9.17, 15) is 9.59 Å². The average molecular weight is 440 g/mol. The highest BCUT2D eigenvalue weighted by atomic mass is 35.5. The Balaban J connectivity index is 1.47. The van der Waals surface area contributed by atoms with Crippen molar-refractivity contribution in [2.45, 2.75) is 19.4 Å². The van der Waals surface area contributed by atoms with E-state index in [1.807, 2.05) is 18.4 Å². The van der Waals surface area contributed by atoms with Crippen LogP contribution in [0.4, 0.5) is 0 Å². The quantitative estimate of drug-likeness (QED) is 0.748. The molecule has 1 aromatic carbocycles. The van der Waals surface area contributed by atoms with Gasteiger partial charge in [-0.3, -0.25) is 14.5 Å². The van der Waals surface area contributed by atoms with Gasteiger partial charge in [-0.15, -0.1) is 11.3 Å². The zero-order valence-corrected chi connectivity index (χ0v) is 18.0. The molecule has 1 aliphatic rings. The Labute approximate surface area is 179 Å². The van der Waals surface area contributed by atoms with Gasteiger partial charge in [-0.1, -0.05) is 29.3 Å². The van der Waals surface area contributed by atoms with E-state index in [-0.39, 0.29) is 17.9 Å². The van der Waals surface area contributed by atoms with E-state index in [0.717, 1.165) is 6.42 Å². The molecule has 1 atom stereocenters. The molecule has 2 amide bonds. The number of benzene rings is 1. The number of hydrogen-bond donors (Lipinski definition) is 1. The maximum Gasteiger partial charge on any atom is 0.254 e. The van der Waals surface area contributed by atoms with Crippen LogP contribution in [0.2, 0.25) is 10.0 Å². The van der Waals surface area contributed by atoms with Crippen LogP contribution in [0.25, 0.3) is 0 Å². The molecule has 1 fully saturated rings. The van der Waals surface area contributed by atoms with Gasteiger partial charge in [0.25, 0.3) is 5.91 Å². The minimum Gasteiger partial charge on any atom is -0.354 e. The first-order chi connectivity index (χ1) is 13.4. The van der Waals surface area contributed by atoms with Gasteiger partial charge in [0.2, 0.25) is 5.91 Å². The first-order valence-electron chi connectivity index (χ1n) is 9.23. The Morgan fingerprint density at radius 3 is 2.43 bits per heavy atom. The van der Waals surface area contributed by atoms with Crippen LogP contribution in [0.5, 0.6) is 0 Å². The Morgan fingerprint density at radius 1 is 1.14 bits per heavy atom. The fraction of sp³-hybridized carbons (Fsp3) is 0.400. The molecule has 1 unspecified atom stereocenters. The summed E-state index contributed by atoms with van der Waals surface area (Å²) in [6.45, 7) is 4.98. The monoisotopic (exact) mass is 439 g/mol. The Kier molecular flexibility index (Phi) is 7.35. The van der Waals surface area contributed by atoms with Crippen molar-refractivity contribution in [2.75, 3.05) is 32.7 Å². The molecule has 0 radical (unpaired) electrons. The Hall–Kier alpha value is -1.60. The van der Waals surface area contributed by atoms with Gasteiger partial charge in [-0.05, 0) is 43.0 Å². The molecule has 0 aliphatic carbocycles. The SMILES string of the molecule is CC(C(=O)NCCc1cccs1)N1CCN(C(=O)c2cc(Cl)cc(Cl)c2)CC1.